The van der Waals surface area contributed by atoms with Gasteiger partial charge in [0.2, 0.25) is 0 Å². The Kier molecular flexibility index (Phi) is 8.85. The standard InChI is InChI=1S/C63H39N3/c1-4-14-47-35-50(32-25-40(47)11-1)59-39-60(51-33-26-41-12-2-5-15-48(41)36-51)66-63(65-59)46-30-23-44(24-31-46)43-21-28-45(29-22-43)56-38-57-61(54-18-8-7-17-53(54)56)55-19-9-10-20-58(55)64-62(57)52-34-27-42-13-3-6-16-49(42)37-52/h1-39H. The molecule has 0 radical (unpaired) electrons. The lowest BCUT2D eigenvalue weighted by molar-refractivity contribution is 1.18. The van der Waals surface area contributed by atoms with E-state index in [1.807, 2.05) is 0 Å². The first-order chi connectivity index (χ1) is 32.7. The monoisotopic (exact) mass is 837 g/mol. The molecule has 0 aliphatic rings. The summed E-state index contributed by atoms with van der Waals surface area (Å²) in [6, 6.07) is 84.8. The minimum atomic E-state index is 0.694. The fourth-order valence-electron chi connectivity index (χ4n) is 9.83. The molecule has 0 aliphatic carbocycles. The quantitative estimate of drug-likeness (QED) is 0.157. The lowest BCUT2D eigenvalue weighted by Crippen LogP contribution is -1.96. The number of hydrogen-bond acceptors (Lipinski definition) is 3. The van der Waals surface area contributed by atoms with E-state index in [0.717, 1.165) is 72.3 Å². The van der Waals surface area contributed by atoms with Crippen LogP contribution in [0.15, 0.2) is 237 Å². The highest BCUT2D eigenvalue weighted by Crippen LogP contribution is 2.42. The molecule has 2 heterocycles. The molecule has 306 valence electrons. The second-order valence-electron chi connectivity index (χ2n) is 17.2. The molecule has 13 rings (SSSR count). The van der Waals surface area contributed by atoms with E-state index in [1.165, 1.54) is 54.0 Å². The Labute approximate surface area is 382 Å². The Hall–Kier alpha value is -8.79. The lowest BCUT2D eigenvalue weighted by atomic mass is 9.89. The van der Waals surface area contributed by atoms with Crippen molar-refractivity contribution in [3.05, 3.63) is 237 Å². The van der Waals surface area contributed by atoms with Gasteiger partial charge in [-0.2, -0.15) is 0 Å². The van der Waals surface area contributed by atoms with Gasteiger partial charge in [0.1, 0.15) is 0 Å². The van der Waals surface area contributed by atoms with Crippen LogP contribution in [-0.2, 0) is 0 Å². The van der Waals surface area contributed by atoms with E-state index in [1.54, 1.807) is 0 Å². The first-order valence-corrected chi connectivity index (χ1v) is 22.5. The minimum Gasteiger partial charge on any atom is -0.247 e. The summed E-state index contributed by atoms with van der Waals surface area (Å²) in [5.41, 5.74) is 12.6. The number of fused-ring (bicyclic) bond motifs is 8. The molecule has 0 bridgehead atoms. The molecule has 3 heteroatoms. The van der Waals surface area contributed by atoms with Crippen molar-refractivity contribution in [3.63, 3.8) is 0 Å². The van der Waals surface area contributed by atoms with Crippen LogP contribution in [0.1, 0.15) is 0 Å². The third-order valence-corrected chi connectivity index (χ3v) is 13.2. The van der Waals surface area contributed by atoms with Crippen molar-refractivity contribution in [3.8, 4) is 67.4 Å². The van der Waals surface area contributed by atoms with Crippen molar-refractivity contribution in [2.75, 3.05) is 0 Å². The average Bonchev–Trinajstić information content (AvgIpc) is 3.40. The van der Waals surface area contributed by atoms with Gasteiger partial charge < -0.3 is 0 Å². The molecular formula is C63H39N3. The number of aromatic nitrogens is 3. The Balaban J connectivity index is 0.888. The molecule has 0 N–H and O–H groups in total. The first kappa shape index (κ1) is 37.7. The fourth-order valence-corrected chi connectivity index (χ4v) is 9.83. The number of rotatable bonds is 6. The van der Waals surface area contributed by atoms with Crippen LogP contribution in [0.2, 0.25) is 0 Å². The van der Waals surface area contributed by atoms with Crippen LogP contribution < -0.4 is 0 Å². The number of hydrogen-bond donors (Lipinski definition) is 0. The van der Waals surface area contributed by atoms with Gasteiger partial charge >= 0.3 is 0 Å². The Bertz CT molecular complexity index is 3940. The van der Waals surface area contributed by atoms with Crippen LogP contribution >= 0.6 is 0 Å². The van der Waals surface area contributed by atoms with Gasteiger partial charge in [0.15, 0.2) is 5.82 Å². The van der Waals surface area contributed by atoms with Crippen LogP contribution in [0.25, 0.3) is 132 Å². The van der Waals surface area contributed by atoms with Gasteiger partial charge in [-0.15, -0.1) is 0 Å². The molecule has 0 spiro atoms. The molecule has 0 saturated carbocycles. The van der Waals surface area contributed by atoms with Gasteiger partial charge in [0, 0.05) is 38.4 Å². The predicted molar refractivity (Wildman–Crippen MR) is 277 cm³/mol. The molecule has 0 saturated heterocycles. The van der Waals surface area contributed by atoms with Crippen LogP contribution in [0, 0.1) is 0 Å². The van der Waals surface area contributed by atoms with Gasteiger partial charge in [-0.3, -0.25) is 0 Å². The highest BCUT2D eigenvalue weighted by molar-refractivity contribution is 6.25. The number of nitrogens with zero attached hydrogens (tertiary/aromatic N) is 3. The summed E-state index contributed by atoms with van der Waals surface area (Å²) in [6.45, 7) is 0. The summed E-state index contributed by atoms with van der Waals surface area (Å²) in [5, 5.41) is 13.2. The number of benzene rings is 11. The van der Waals surface area contributed by atoms with E-state index in [4.69, 9.17) is 15.0 Å². The van der Waals surface area contributed by atoms with E-state index in [9.17, 15) is 0 Å². The Morgan fingerprint density at radius 2 is 0.667 bits per heavy atom. The molecular weight excluding hydrogens is 799 g/mol. The highest BCUT2D eigenvalue weighted by atomic mass is 14.9. The van der Waals surface area contributed by atoms with Crippen molar-refractivity contribution < 1.29 is 0 Å². The second-order valence-corrected chi connectivity index (χ2v) is 17.2. The first-order valence-electron chi connectivity index (χ1n) is 22.5. The van der Waals surface area contributed by atoms with Crippen molar-refractivity contribution in [1.82, 2.24) is 15.0 Å². The zero-order chi connectivity index (χ0) is 43.6. The summed E-state index contributed by atoms with van der Waals surface area (Å²) in [7, 11) is 0. The van der Waals surface area contributed by atoms with E-state index in [-0.39, 0.29) is 0 Å². The maximum absolute atomic E-state index is 5.36. The maximum atomic E-state index is 5.36. The predicted octanol–water partition coefficient (Wildman–Crippen LogP) is 16.8. The summed E-state index contributed by atoms with van der Waals surface area (Å²) in [6.07, 6.45) is 0. The fraction of sp³-hybridized carbons (Fsp3) is 0. The summed E-state index contributed by atoms with van der Waals surface area (Å²) in [5.74, 6) is 0.694. The maximum Gasteiger partial charge on any atom is 0.160 e. The van der Waals surface area contributed by atoms with Crippen LogP contribution in [-0.4, -0.2) is 15.0 Å². The van der Waals surface area contributed by atoms with E-state index < -0.39 is 0 Å². The SMILES string of the molecule is c1ccc2cc(-c3cc(-c4ccc5ccccc5c4)nc(-c4ccc(-c5ccc(-c6cc7c(-c8ccc9ccccc9c8)nc8ccccc8c7c7ccccc67)cc5)cc4)n3)ccc2c1. The van der Waals surface area contributed by atoms with Crippen molar-refractivity contribution >= 4 is 64.8 Å². The Morgan fingerprint density at radius 1 is 0.242 bits per heavy atom. The van der Waals surface area contributed by atoms with Crippen LogP contribution in [0.3, 0.4) is 0 Å². The van der Waals surface area contributed by atoms with E-state index >= 15 is 0 Å². The molecule has 0 fully saturated rings. The molecule has 0 unspecified atom stereocenters. The lowest BCUT2D eigenvalue weighted by Gasteiger charge is -2.16. The van der Waals surface area contributed by atoms with Crippen molar-refractivity contribution in [1.29, 1.82) is 0 Å². The van der Waals surface area contributed by atoms with Gasteiger partial charge in [0.05, 0.1) is 22.6 Å². The van der Waals surface area contributed by atoms with Crippen LogP contribution in [0.5, 0.6) is 0 Å². The van der Waals surface area contributed by atoms with Gasteiger partial charge in [-0.25, -0.2) is 15.0 Å². The normalized spacial score (nSPS) is 11.6. The van der Waals surface area contributed by atoms with Crippen LogP contribution in [0.4, 0.5) is 0 Å². The zero-order valence-corrected chi connectivity index (χ0v) is 35.9. The van der Waals surface area contributed by atoms with E-state index in [2.05, 4.69) is 237 Å². The second kappa shape index (κ2) is 15.5. The molecule has 0 aliphatic heterocycles. The summed E-state index contributed by atoms with van der Waals surface area (Å²) >= 11 is 0. The number of para-hydroxylation sites is 1. The van der Waals surface area contributed by atoms with E-state index in [0.29, 0.717) is 5.82 Å². The van der Waals surface area contributed by atoms with Gasteiger partial charge in [-0.05, 0) is 102 Å². The zero-order valence-electron chi connectivity index (χ0n) is 35.9. The molecule has 66 heavy (non-hydrogen) atoms. The molecule has 13 aromatic rings. The summed E-state index contributed by atoms with van der Waals surface area (Å²) < 4.78 is 0. The third-order valence-electron chi connectivity index (χ3n) is 13.2. The highest BCUT2D eigenvalue weighted by Gasteiger charge is 2.18. The molecule has 0 atom stereocenters. The largest absolute Gasteiger partial charge is 0.247 e. The van der Waals surface area contributed by atoms with Crippen molar-refractivity contribution in [2.24, 2.45) is 0 Å². The van der Waals surface area contributed by atoms with Crippen molar-refractivity contribution in [2.45, 2.75) is 0 Å². The molecule has 0 amide bonds. The van der Waals surface area contributed by atoms with Gasteiger partial charge in [-0.1, -0.05) is 200 Å². The Morgan fingerprint density at radius 3 is 1.24 bits per heavy atom. The van der Waals surface area contributed by atoms with Gasteiger partial charge in [0.25, 0.3) is 0 Å². The molecule has 2 aromatic heterocycles. The topological polar surface area (TPSA) is 38.7 Å². The number of pyridine rings is 1. The third kappa shape index (κ3) is 6.56. The smallest absolute Gasteiger partial charge is 0.160 e. The average molecular weight is 838 g/mol. The molecule has 11 aromatic carbocycles. The molecule has 3 nitrogen and oxygen atoms in total. The summed E-state index contributed by atoms with van der Waals surface area (Å²) in [4.78, 5) is 15.8. The minimum absolute atomic E-state index is 0.694.